The van der Waals surface area contributed by atoms with Crippen LogP contribution in [0.25, 0.3) is 0 Å². The second-order valence-electron chi connectivity index (χ2n) is 8.70. The van der Waals surface area contributed by atoms with Crippen molar-refractivity contribution in [2.75, 3.05) is 6.54 Å². The Labute approximate surface area is 195 Å². The summed E-state index contributed by atoms with van der Waals surface area (Å²) in [4.78, 5) is 46.9. The molecule has 0 bridgehead atoms. The predicted molar refractivity (Wildman–Crippen MR) is 125 cm³/mol. The van der Waals surface area contributed by atoms with Crippen LogP contribution in [0.4, 0.5) is 0 Å². The molecule has 33 heavy (non-hydrogen) atoms. The number of guanidine groups is 1. The molecule has 0 aliphatic rings. The molecule has 0 unspecified atom stereocenters. The number of amides is 2. The number of carboxylic acids is 2. The lowest BCUT2D eigenvalue weighted by molar-refractivity contribution is -0.140. The maximum absolute atomic E-state index is 12.6. The Balaban J connectivity index is 4.47. The van der Waals surface area contributed by atoms with Crippen LogP contribution in [0.15, 0.2) is 0 Å². The first-order chi connectivity index (χ1) is 15.5. The Morgan fingerprint density at radius 2 is 1.48 bits per heavy atom. The fraction of sp³-hybridized carbons (Fsp3) is 0.773. The van der Waals surface area contributed by atoms with Crippen LogP contribution in [0.3, 0.4) is 0 Å². The third-order valence-electron chi connectivity index (χ3n) is 4.99. The van der Waals surface area contributed by atoms with Gasteiger partial charge in [-0.3, -0.25) is 24.6 Å². The van der Waals surface area contributed by atoms with E-state index < -0.39 is 36.4 Å². The molecular formula is C22H41N5O6. The number of unbranched alkanes of at least 4 members (excludes halogenated alkanes) is 5. The van der Waals surface area contributed by atoms with E-state index in [0.717, 1.165) is 32.1 Å². The zero-order chi connectivity index (χ0) is 25.2. The van der Waals surface area contributed by atoms with E-state index in [1.54, 1.807) is 0 Å². The van der Waals surface area contributed by atoms with Gasteiger partial charge in [-0.25, -0.2) is 0 Å². The van der Waals surface area contributed by atoms with E-state index >= 15 is 0 Å². The average molecular weight is 472 g/mol. The smallest absolute Gasteiger partial charge is 0.305 e. The number of carboxylic acid groups (broad SMARTS) is 2. The predicted octanol–water partition coefficient (Wildman–Crippen LogP) is 1.56. The quantitative estimate of drug-likeness (QED) is 0.0837. The van der Waals surface area contributed by atoms with E-state index in [9.17, 15) is 19.2 Å². The van der Waals surface area contributed by atoms with Crippen LogP contribution in [0.2, 0.25) is 0 Å². The molecule has 2 atom stereocenters. The maximum Gasteiger partial charge on any atom is 0.305 e. The number of rotatable bonds is 19. The van der Waals surface area contributed by atoms with Crippen molar-refractivity contribution in [3.05, 3.63) is 0 Å². The minimum atomic E-state index is -1.21. The second-order valence-corrected chi connectivity index (χ2v) is 8.70. The monoisotopic (exact) mass is 471 g/mol. The lowest BCUT2D eigenvalue weighted by Crippen LogP contribution is -2.50. The number of hydrogen-bond donors (Lipinski definition) is 7. The van der Waals surface area contributed by atoms with Crippen molar-refractivity contribution in [2.24, 2.45) is 11.7 Å². The second kappa shape index (κ2) is 17.7. The molecule has 0 saturated heterocycles. The SMILES string of the molecule is CC(C)C[C@@H](CCC(=O)O)NC(=O)[C@H](CC(=O)O)NC(=O)CCCCCCCCNC(=N)N. The Hall–Kier alpha value is -2.85. The van der Waals surface area contributed by atoms with E-state index in [0.29, 0.717) is 19.4 Å². The standard InChI is InChI=1S/C22H41N5O6/c1-15(2)13-16(10-11-19(29)30)26-21(33)17(14-20(31)32)27-18(28)9-7-5-3-4-6-8-12-25-22(23)24/h15-17H,3-14H2,1-2H3,(H,26,33)(H,27,28)(H,29,30)(H,31,32)(H4,23,24,25)/t16-,17+/m1/s1. The van der Waals surface area contributed by atoms with Gasteiger partial charge in [0.05, 0.1) is 6.42 Å². The van der Waals surface area contributed by atoms with Crippen molar-refractivity contribution in [3.8, 4) is 0 Å². The number of nitrogens with two attached hydrogens (primary N) is 1. The topological polar surface area (TPSA) is 195 Å². The van der Waals surface area contributed by atoms with Gasteiger partial charge in [0.15, 0.2) is 5.96 Å². The fourth-order valence-electron chi connectivity index (χ4n) is 3.41. The number of nitrogens with one attached hydrogen (secondary N) is 4. The summed E-state index contributed by atoms with van der Waals surface area (Å²) >= 11 is 0. The van der Waals surface area contributed by atoms with Crippen LogP contribution in [-0.2, 0) is 19.2 Å². The highest BCUT2D eigenvalue weighted by Gasteiger charge is 2.26. The largest absolute Gasteiger partial charge is 0.481 e. The molecule has 0 saturated carbocycles. The maximum atomic E-state index is 12.6. The Morgan fingerprint density at radius 3 is 2.03 bits per heavy atom. The summed E-state index contributed by atoms with van der Waals surface area (Å²) in [6.45, 7) is 4.55. The zero-order valence-electron chi connectivity index (χ0n) is 19.8. The molecule has 2 amide bonds. The summed E-state index contributed by atoms with van der Waals surface area (Å²) in [5.74, 6) is -3.00. The molecule has 0 aliphatic carbocycles. The van der Waals surface area contributed by atoms with Gasteiger partial charge in [-0.1, -0.05) is 39.5 Å². The van der Waals surface area contributed by atoms with Gasteiger partial charge in [-0.15, -0.1) is 0 Å². The van der Waals surface area contributed by atoms with Crippen molar-refractivity contribution in [3.63, 3.8) is 0 Å². The first-order valence-electron chi connectivity index (χ1n) is 11.6. The summed E-state index contributed by atoms with van der Waals surface area (Å²) in [6.07, 6.45) is 5.66. The third kappa shape index (κ3) is 18.4. The Kier molecular flexibility index (Phi) is 16.1. The zero-order valence-corrected chi connectivity index (χ0v) is 19.8. The Morgan fingerprint density at radius 1 is 0.879 bits per heavy atom. The first-order valence-corrected chi connectivity index (χ1v) is 11.6. The molecule has 11 heteroatoms. The molecule has 190 valence electrons. The molecule has 0 fully saturated rings. The van der Waals surface area contributed by atoms with Crippen molar-refractivity contribution >= 4 is 29.7 Å². The number of hydrogen-bond acceptors (Lipinski definition) is 5. The van der Waals surface area contributed by atoms with Gasteiger partial charge in [-0.2, -0.15) is 0 Å². The van der Waals surface area contributed by atoms with Gasteiger partial charge in [-0.05, 0) is 31.6 Å². The van der Waals surface area contributed by atoms with Crippen LogP contribution in [0, 0.1) is 11.3 Å². The molecule has 0 rings (SSSR count). The van der Waals surface area contributed by atoms with Gasteiger partial charge in [0.1, 0.15) is 6.04 Å². The molecule has 0 aromatic heterocycles. The highest BCUT2D eigenvalue weighted by molar-refractivity contribution is 5.90. The number of carbonyl (C=O) groups excluding carboxylic acids is 2. The average Bonchev–Trinajstić information content (AvgIpc) is 2.69. The van der Waals surface area contributed by atoms with E-state index in [1.165, 1.54) is 0 Å². The molecule has 0 spiro atoms. The van der Waals surface area contributed by atoms with Gasteiger partial charge >= 0.3 is 11.9 Å². The fourth-order valence-corrected chi connectivity index (χ4v) is 3.41. The van der Waals surface area contributed by atoms with E-state index in [1.807, 2.05) is 13.8 Å². The van der Waals surface area contributed by atoms with Crippen LogP contribution >= 0.6 is 0 Å². The summed E-state index contributed by atoms with van der Waals surface area (Å²) in [5, 5.41) is 33.1. The first kappa shape index (κ1) is 30.1. The molecular weight excluding hydrogens is 430 g/mol. The number of aliphatic carboxylic acids is 2. The summed E-state index contributed by atoms with van der Waals surface area (Å²) in [7, 11) is 0. The van der Waals surface area contributed by atoms with Gasteiger partial charge in [0, 0.05) is 25.4 Å². The molecule has 0 radical (unpaired) electrons. The molecule has 0 heterocycles. The van der Waals surface area contributed by atoms with Gasteiger partial charge < -0.3 is 31.9 Å². The summed E-state index contributed by atoms with van der Waals surface area (Å²) in [6, 6.07) is -1.62. The lowest BCUT2D eigenvalue weighted by atomic mass is 9.99. The van der Waals surface area contributed by atoms with Crippen molar-refractivity contribution in [2.45, 2.75) is 96.6 Å². The minimum absolute atomic E-state index is 0.0356. The highest BCUT2D eigenvalue weighted by Crippen LogP contribution is 2.11. The van der Waals surface area contributed by atoms with Crippen LogP contribution in [-0.4, -0.2) is 58.6 Å². The van der Waals surface area contributed by atoms with Crippen LogP contribution < -0.4 is 21.7 Å². The molecule has 0 aromatic rings. The van der Waals surface area contributed by atoms with Gasteiger partial charge in [0.2, 0.25) is 11.8 Å². The summed E-state index contributed by atoms with van der Waals surface area (Å²) in [5.41, 5.74) is 5.20. The van der Waals surface area contributed by atoms with Crippen molar-refractivity contribution in [1.29, 1.82) is 5.41 Å². The number of carbonyl (C=O) groups is 4. The summed E-state index contributed by atoms with van der Waals surface area (Å²) < 4.78 is 0. The normalized spacial score (nSPS) is 12.6. The third-order valence-corrected chi connectivity index (χ3v) is 4.99. The van der Waals surface area contributed by atoms with E-state index in [-0.39, 0.29) is 37.0 Å². The van der Waals surface area contributed by atoms with E-state index in [4.69, 9.17) is 21.4 Å². The van der Waals surface area contributed by atoms with Gasteiger partial charge in [0.25, 0.3) is 0 Å². The van der Waals surface area contributed by atoms with Crippen molar-refractivity contribution < 1.29 is 29.4 Å². The molecule has 8 N–H and O–H groups in total. The minimum Gasteiger partial charge on any atom is -0.481 e. The van der Waals surface area contributed by atoms with E-state index in [2.05, 4.69) is 16.0 Å². The Bertz CT molecular complexity index is 641. The molecule has 0 aromatic carbocycles. The van der Waals surface area contributed by atoms with Crippen LogP contribution in [0.5, 0.6) is 0 Å². The van der Waals surface area contributed by atoms with Crippen molar-refractivity contribution in [1.82, 2.24) is 16.0 Å². The molecule has 11 nitrogen and oxygen atoms in total. The van der Waals surface area contributed by atoms with Crippen LogP contribution in [0.1, 0.15) is 84.5 Å². The lowest BCUT2D eigenvalue weighted by Gasteiger charge is -2.24. The molecule has 0 aliphatic heterocycles. The highest BCUT2D eigenvalue weighted by atomic mass is 16.4.